The molecule has 0 spiro atoms. The van der Waals surface area contributed by atoms with E-state index in [-0.39, 0.29) is 40.5 Å². The van der Waals surface area contributed by atoms with Crippen LogP contribution in [0, 0.1) is 18.7 Å². The lowest BCUT2D eigenvalue weighted by atomic mass is 9.97. The first kappa shape index (κ1) is 22.6. The lowest BCUT2D eigenvalue weighted by Crippen LogP contribution is -2.41. The molecule has 1 fully saturated rings. The van der Waals surface area contributed by atoms with Gasteiger partial charge < -0.3 is 5.32 Å². The summed E-state index contributed by atoms with van der Waals surface area (Å²) in [7, 11) is -3.73. The van der Waals surface area contributed by atoms with Gasteiger partial charge in [-0.25, -0.2) is 12.8 Å². The Morgan fingerprint density at radius 1 is 1.19 bits per heavy atom. The summed E-state index contributed by atoms with van der Waals surface area (Å²) in [4.78, 5) is 24.7. The maximum Gasteiger partial charge on any atom is 0.308 e. The third kappa shape index (κ3) is 4.22. The van der Waals surface area contributed by atoms with Gasteiger partial charge in [0.15, 0.2) is 0 Å². The van der Waals surface area contributed by atoms with Crippen molar-refractivity contribution in [3.8, 4) is 0 Å². The average molecular weight is 478 g/mol. The number of aryl methyl sites for hydroxylation is 2. The number of fused-ring (bicyclic) bond motifs is 1. The Kier molecular flexibility index (Phi) is 6.19. The van der Waals surface area contributed by atoms with Gasteiger partial charge in [-0.1, -0.05) is 11.3 Å². The highest BCUT2D eigenvalue weighted by Crippen LogP contribution is 2.28. The van der Waals surface area contributed by atoms with E-state index in [0.717, 1.165) is 16.9 Å². The lowest BCUT2D eigenvalue weighted by Gasteiger charge is -2.30. The fourth-order valence-electron chi connectivity index (χ4n) is 4.02. The van der Waals surface area contributed by atoms with E-state index in [2.05, 4.69) is 5.32 Å². The van der Waals surface area contributed by atoms with Crippen LogP contribution in [0.25, 0.3) is 10.2 Å². The van der Waals surface area contributed by atoms with Crippen molar-refractivity contribution >= 4 is 43.2 Å². The Balaban J connectivity index is 1.45. The van der Waals surface area contributed by atoms with Gasteiger partial charge in [0, 0.05) is 31.2 Å². The zero-order valence-electron chi connectivity index (χ0n) is 17.8. The summed E-state index contributed by atoms with van der Waals surface area (Å²) in [6, 6.07) is 8.94. The number of carbonyl (C=O) groups excluding carboxylic acids is 1. The highest BCUT2D eigenvalue weighted by Gasteiger charge is 2.32. The van der Waals surface area contributed by atoms with E-state index >= 15 is 0 Å². The molecule has 2 heterocycles. The van der Waals surface area contributed by atoms with Crippen LogP contribution in [0.4, 0.5) is 10.1 Å². The molecule has 0 radical (unpaired) electrons. The molecule has 32 heavy (non-hydrogen) atoms. The Hall–Kier alpha value is -2.56. The van der Waals surface area contributed by atoms with Gasteiger partial charge in [-0.05, 0) is 68.7 Å². The number of sulfonamides is 1. The number of halogens is 1. The largest absolute Gasteiger partial charge is 0.326 e. The topological polar surface area (TPSA) is 88.5 Å². The number of thiazole rings is 1. The van der Waals surface area contributed by atoms with E-state index in [0.29, 0.717) is 35.3 Å². The van der Waals surface area contributed by atoms with E-state index in [9.17, 15) is 22.4 Å². The number of hydrogen-bond acceptors (Lipinski definition) is 5. The van der Waals surface area contributed by atoms with Crippen molar-refractivity contribution in [1.29, 1.82) is 0 Å². The molecule has 1 aromatic heterocycles. The molecule has 10 heteroatoms. The van der Waals surface area contributed by atoms with Crippen molar-refractivity contribution in [1.82, 2.24) is 8.87 Å². The van der Waals surface area contributed by atoms with Crippen LogP contribution < -0.4 is 10.2 Å². The van der Waals surface area contributed by atoms with Gasteiger partial charge in [-0.3, -0.25) is 14.2 Å². The van der Waals surface area contributed by atoms with E-state index in [1.165, 1.54) is 28.6 Å². The van der Waals surface area contributed by atoms with Gasteiger partial charge in [0.2, 0.25) is 15.9 Å². The number of piperidine rings is 1. The van der Waals surface area contributed by atoms with Crippen molar-refractivity contribution in [2.45, 2.75) is 38.1 Å². The normalized spacial score (nSPS) is 15.8. The van der Waals surface area contributed by atoms with Crippen LogP contribution in [0.5, 0.6) is 0 Å². The van der Waals surface area contributed by atoms with Crippen molar-refractivity contribution in [2.24, 2.45) is 5.92 Å². The number of carbonyl (C=O) groups is 1. The minimum Gasteiger partial charge on any atom is -0.326 e. The Morgan fingerprint density at radius 3 is 2.56 bits per heavy atom. The second-order valence-corrected chi connectivity index (χ2v) is 10.8. The van der Waals surface area contributed by atoms with Crippen LogP contribution in [0.3, 0.4) is 0 Å². The molecule has 0 aliphatic carbocycles. The first-order chi connectivity index (χ1) is 15.2. The molecule has 0 atom stereocenters. The van der Waals surface area contributed by atoms with E-state index in [1.807, 2.05) is 6.92 Å². The number of nitrogens with zero attached hydrogens (tertiary/aromatic N) is 2. The van der Waals surface area contributed by atoms with Crippen LogP contribution in [0.1, 0.15) is 25.3 Å². The van der Waals surface area contributed by atoms with E-state index in [1.54, 1.807) is 23.6 Å². The minimum absolute atomic E-state index is 0.111. The molecule has 1 aliphatic heterocycles. The fourth-order valence-corrected chi connectivity index (χ4v) is 6.58. The van der Waals surface area contributed by atoms with Crippen LogP contribution in [-0.2, 0) is 21.4 Å². The van der Waals surface area contributed by atoms with Gasteiger partial charge in [-0.15, -0.1) is 0 Å². The summed E-state index contributed by atoms with van der Waals surface area (Å²) in [5.74, 6) is -0.878. The van der Waals surface area contributed by atoms with E-state index < -0.39 is 10.0 Å². The van der Waals surface area contributed by atoms with Gasteiger partial charge >= 0.3 is 4.87 Å². The SMILES string of the molecule is CCn1c(=O)sc2cc(S(=O)(=O)N3CCC(C(=O)Nc4ccc(F)cc4C)CC3)ccc21. The third-order valence-corrected chi connectivity index (χ3v) is 8.70. The molecule has 1 saturated heterocycles. The highest BCUT2D eigenvalue weighted by atomic mass is 32.2. The van der Waals surface area contributed by atoms with Crippen LogP contribution in [0.2, 0.25) is 0 Å². The van der Waals surface area contributed by atoms with Gasteiger partial charge in [0.05, 0.1) is 15.1 Å². The monoisotopic (exact) mass is 477 g/mol. The Bertz CT molecular complexity index is 1340. The number of anilines is 1. The number of rotatable bonds is 5. The first-order valence-electron chi connectivity index (χ1n) is 10.4. The number of hydrogen-bond donors (Lipinski definition) is 1. The maximum atomic E-state index is 13.3. The molecular weight excluding hydrogens is 453 g/mol. The van der Waals surface area contributed by atoms with Crippen molar-refractivity contribution in [3.05, 3.63) is 57.4 Å². The predicted molar refractivity (Wildman–Crippen MR) is 123 cm³/mol. The molecule has 7 nitrogen and oxygen atoms in total. The van der Waals surface area contributed by atoms with Gasteiger partial charge in [0.1, 0.15) is 5.82 Å². The second kappa shape index (κ2) is 8.76. The summed E-state index contributed by atoms with van der Waals surface area (Å²) in [5.41, 5.74) is 1.92. The fraction of sp³-hybridized carbons (Fsp3) is 0.364. The molecule has 0 bridgehead atoms. The Morgan fingerprint density at radius 2 is 1.91 bits per heavy atom. The summed E-state index contributed by atoms with van der Waals surface area (Å²) in [5, 5.41) is 2.82. The lowest BCUT2D eigenvalue weighted by molar-refractivity contribution is -0.120. The van der Waals surface area contributed by atoms with E-state index in [4.69, 9.17) is 0 Å². The summed E-state index contributed by atoms with van der Waals surface area (Å²) < 4.78 is 43.2. The smallest absolute Gasteiger partial charge is 0.308 e. The first-order valence-corrected chi connectivity index (χ1v) is 12.7. The zero-order chi connectivity index (χ0) is 23.0. The Labute approximate surface area is 189 Å². The summed E-state index contributed by atoms with van der Waals surface area (Å²) >= 11 is 1.04. The molecule has 3 aromatic rings. The molecule has 1 amide bonds. The standard InChI is InChI=1S/C22H24FN3O4S2/c1-3-26-19-7-5-17(13-20(19)31-22(26)28)32(29,30)25-10-8-15(9-11-25)21(27)24-18-6-4-16(23)12-14(18)2/h4-7,12-13,15H,3,8-11H2,1-2H3,(H,24,27). The third-order valence-electron chi connectivity index (χ3n) is 5.86. The molecule has 4 rings (SSSR count). The quantitative estimate of drug-likeness (QED) is 0.609. The minimum atomic E-state index is -3.73. The van der Waals surface area contributed by atoms with Crippen molar-refractivity contribution in [2.75, 3.05) is 18.4 Å². The highest BCUT2D eigenvalue weighted by molar-refractivity contribution is 7.89. The number of aromatic nitrogens is 1. The maximum absolute atomic E-state index is 13.3. The average Bonchev–Trinajstić information content (AvgIpc) is 3.09. The number of amides is 1. The zero-order valence-corrected chi connectivity index (χ0v) is 19.4. The molecule has 0 unspecified atom stereocenters. The summed E-state index contributed by atoms with van der Waals surface area (Å²) in [6.07, 6.45) is 0.792. The number of benzene rings is 2. The second-order valence-electron chi connectivity index (χ2n) is 7.87. The molecule has 1 N–H and O–H groups in total. The summed E-state index contributed by atoms with van der Waals surface area (Å²) in [6.45, 7) is 4.57. The van der Waals surface area contributed by atoms with Crippen LogP contribution in [0.15, 0.2) is 46.1 Å². The molecule has 0 saturated carbocycles. The molecule has 2 aromatic carbocycles. The molecular formula is C22H24FN3O4S2. The van der Waals surface area contributed by atoms with Crippen molar-refractivity contribution in [3.63, 3.8) is 0 Å². The molecule has 170 valence electrons. The molecule has 1 aliphatic rings. The predicted octanol–water partition coefficient (Wildman–Crippen LogP) is 3.57. The number of nitrogens with one attached hydrogen (secondary N) is 1. The van der Waals surface area contributed by atoms with Crippen molar-refractivity contribution < 1.29 is 17.6 Å². The van der Waals surface area contributed by atoms with Crippen LogP contribution >= 0.6 is 11.3 Å². The van der Waals surface area contributed by atoms with Gasteiger partial charge in [-0.2, -0.15) is 4.31 Å². The van der Waals surface area contributed by atoms with Crippen LogP contribution in [-0.4, -0.2) is 36.3 Å². The van der Waals surface area contributed by atoms with Gasteiger partial charge in [0.25, 0.3) is 0 Å².